The van der Waals surface area contributed by atoms with Crippen LogP contribution in [0, 0.1) is 5.92 Å². The Labute approximate surface area is 94.5 Å². The second-order valence-corrected chi connectivity index (χ2v) is 5.81. The standard InChI is InChI=1S/C10H14O5S/c1-16(12,13)14-6-8-7-4-2-3-5-9(7)15-10(8)11/h6-7,9H,2-5H2,1H3/b8-6-/t7-,9+/m1/s1. The van der Waals surface area contributed by atoms with E-state index in [0.717, 1.165) is 38.2 Å². The van der Waals surface area contributed by atoms with Crippen LogP contribution in [-0.2, 0) is 23.8 Å². The molecule has 1 saturated heterocycles. The van der Waals surface area contributed by atoms with Gasteiger partial charge in [0.1, 0.15) is 12.4 Å². The van der Waals surface area contributed by atoms with Crippen LogP contribution in [0.4, 0.5) is 0 Å². The van der Waals surface area contributed by atoms with Crippen molar-refractivity contribution in [2.45, 2.75) is 31.8 Å². The first-order valence-electron chi connectivity index (χ1n) is 5.27. The summed E-state index contributed by atoms with van der Waals surface area (Å²) in [5.74, 6) is -0.441. The van der Waals surface area contributed by atoms with Gasteiger partial charge >= 0.3 is 16.1 Å². The van der Waals surface area contributed by atoms with Gasteiger partial charge in [-0.15, -0.1) is 0 Å². The predicted octanol–water partition coefficient (Wildman–Crippen LogP) is 0.962. The Kier molecular flexibility index (Phi) is 2.92. The lowest BCUT2D eigenvalue weighted by Crippen LogP contribution is -2.21. The van der Waals surface area contributed by atoms with E-state index in [-0.39, 0.29) is 12.0 Å². The van der Waals surface area contributed by atoms with E-state index in [9.17, 15) is 13.2 Å². The number of ether oxygens (including phenoxy) is 1. The first-order chi connectivity index (χ1) is 7.47. The fourth-order valence-corrected chi connectivity index (χ4v) is 2.50. The molecule has 0 spiro atoms. The first kappa shape index (κ1) is 11.4. The fourth-order valence-electron chi connectivity index (χ4n) is 2.23. The molecule has 0 N–H and O–H groups in total. The monoisotopic (exact) mass is 246 g/mol. The molecule has 0 radical (unpaired) electrons. The zero-order valence-corrected chi connectivity index (χ0v) is 9.83. The Morgan fingerprint density at radius 2 is 2.06 bits per heavy atom. The maximum atomic E-state index is 11.5. The van der Waals surface area contributed by atoms with Crippen LogP contribution in [0.15, 0.2) is 11.8 Å². The first-order valence-corrected chi connectivity index (χ1v) is 7.08. The molecule has 1 aliphatic heterocycles. The number of rotatable bonds is 2. The largest absolute Gasteiger partial charge is 0.458 e. The minimum Gasteiger partial charge on any atom is -0.458 e. The Hall–Kier alpha value is -1.04. The van der Waals surface area contributed by atoms with Gasteiger partial charge in [0.15, 0.2) is 0 Å². The molecule has 2 aliphatic rings. The molecule has 2 rings (SSSR count). The molecule has 6 heteroatoms. The molecule has 16 heavy (non-hydrogen) atoms. The number of hydrogen-bond acceptors (Lipinski definition) is 5. The lowest BCUT2D eigenvalue weighted by molar-refractivity contribution is -0.139. The maximum Gasteiger partial charge on any atom is 0.337 e. The van der Waals surface area contributed by atoms with E-state index in [1.54, 1.807) is 0 Å². The van der Waals surface area contributed by atoms with Gasteiger partial charge < -0.3 is 8.92 Å². The summed E-state index contributed by atoms with van der Waals surface area (Å²) in [6.07, 6.45) is 5.69. The highest BCUT2D eigenvalue weighted by molar-refractivity contribution is 7.86. The molecule has 1 saturated carbocycles. The second-order valence-electron chi connectivity index (χ2n) is 4.21. The lowest BCUT2D eigenvalue weighted by Gasteiger charge is -2.22. The SMILES string of the molecule is CS(=O)(=O)O/C=C1\C(=O)O[C@H]2CCCC[C@H]12. The smallest absolute Gasteiger partial charge is 0.337 e. The molecule has 0 unspecified atom stereocenters. The van der Waals surface area contributed by atoms with E-state index in [0.29, 0.717) is 5.57 Å². The summed E-state index contributed by atoms with van der Waals surface area (Å²) in [7, 11) is -3.56. The summed E-state index contributed by atoms with van der Waals surface area (Å²) in [5, 5.41) is 0. The Morgan fingerprint density at radius 1 is 1.38 bits per heavy atom. The highest BCUT2D eigenvalue weighted by Crippen LogP contribution is 2.38. The molecule has 5 nitrogen and oxygen atoms in total. The molecular weight excluding hydrogens is 232 g/mol. The molecule has 1 aliphatic carbocycles. The van der Waals surface area contributed by atoms with E-state index in [4.69, 9.17) is 4.74 Å². The van der Waals surface area contributed by atoms with Crippen LogP contribution in [0.1, 0.15) is 25.7 Å². The van der Waals surface area contributed by atoms with Crippen LogP contribution >= 0.6 is 0 Å². The van der Waals surface area contributed by atoms with Crippen LogP contribution in [0.25, 0.3) is 0 Å². The average molecular weight is 246 g/mol. The number of fused-ring (bicyclic) bond motifs is 1. The third-order valence-corrected chi connectivity index (χ3v) is 3.39. The summed E-state index contributed by atoms with van der Waals surface area (Å²) in [6, 6.07) is 0. The Bertz CT molecular complexity index is 422. The molecule has 0 aromatic heterocycles. The zero-order valence-electron chi connectivity index (χ0n) is 9.01. The van der Waals surface area contributed by atoms with Crippen molar-refractivity contribution in [1.82, 2.24) is 0 Å². The Balaban J connectivity index is 2.16. The molecule has 90 valence electrons. The number of hydrogen-bond donors (Lipinski definition) is 0. The number of esters is 1. The van der Waals surface area contributed by atoms with Gasteiger partial charge in [-0.05, 0) is 19.3 Å². The van der Waals surface area contributed by atoms with Crippen molar-refractivity contribution in [3.8, 4) is 0 Å². The maximum absolute atomic E-state index is 11.5. The van der Waals surface area contributed by atoms with Crippen LogP contribution in [0.5, 0.6) is 0 Å². The molecule has 0 amide bonds. The van der Waals surface area contributed by atoms with Crippen molar-refractivity contribution in [1.29, 1.82) is 0 Å². The van der Waals surface area contributed by atoms with E-state index < -0.39 is 16.1 Å². The molecule has 2 atom stereocenters. The van der Waals surface area contributed by atoms with Crippen LogP contribution in [0.2, 0.25) is 0 Å². The average Bonchev–Trinajstić information content (AvgIpc) is 2.49. The number of carbonyl (C=O) groups is 1. The summed E-state index contributed by atoms with van der Waals surface area (Å²) >= 11 is 0. The molecule has 0 aromatic rings. The van der Waals surface area contributed by atoms with Crippen molar-refractivity contribution in [3.05, 3.63) is 11.8 Å². The topological polar surface area (TPSA) is 69.7 Å². The van der Waals surface area contributed by atoms with Crippen molar-refractivity contribution in [2.24, 2.45) is 5.92 Å². The molecule has 2 fully saturated rings. The molecule has 0 bridgehead atoms. The minimum atomic E-state index is -3.56. The highest BCUT2D eigenvalue weighted by atomic mass is 32.2. The van der Waals surface area contributed by atoms with E-state index >= 15 is 0 Å². The van der Waals surface area contributed by atoms with E-state index in [1.165, 1.54) is 0 Å². The third kappa shape index (κ3) is 2.37. The van der Waals surface area contributed by atoms with Gasteiger partial charge in [-0.1, -0.05) is 6.42 Å². The zero-order chi connectivity index (χ0) is 11.8. The van der Waals surface area contributed by atoms with Crippen LogP contribution in [0.3, 0.4) is 0 Å². The fraction of sp³-hybridized carbons (Fsp3) is 0.700. The van der Waals surface area contributed by atoms with E-state index in [1.807, 2.05) is 0 Å². The predicted molar refractivity (Wildman–Crippen MR) is 55.8 cm³/mol. The quantitative estimate of drug-likeness (QED) is 0.314. The van der Waals surface area contributed by atoms with Crippen molar-refractivity contribution in [3.63, 3.8) is 0 Å². The summed E-state index contributed by atoms with van der Waals surface area (Å²) < 4.78 is 31.4. The minimum absolute atomic E-state index is 0.00278. The highest BCUT2D eigenvalue weighted by Gasteiger charge is 2.41. The van der Waals surface area contributed by atoms with Gasteiger partial charge in [-0.3, -0.25) is 0 Å². The van der Waals surface area contributed by atoms with Crippen molar-refractivity contribution >= 4 is 16.1 Å². The van der Waals surface area contributed by atoms with Crippen LogP contribution in [-0.4, -0.2) is 26.7 Å². The van der Waals surface area contributed by atoms with Gasteiger partial charge in [0.05, 0.1) is 11.8 Å². The van der Waals surface area contributed by atoms with Gasteiger partial charge in [0.2, 0.25) is 0 Å². The molecule has 0 aromatic carbocycles. The van der Waals surface area contributed by atoms with Crippen molar-refractivity contribution in [2.75, 3.05) is 6.26 Å². The summed E-state index contributed by atoms with van der Waals surface area (Å²) in [6.45, 7) is 0. The van der Waals surface area contributed by atoms with Gasteiger partial charge in [0, 0.05) is 5.92 Å². The summed E-state index contributed by atoms with van der Waals surface area (Å²) in [5.41, 5.74) is 0.357. The van der Waals surface area contributed by atoms with Gasteiger partial charge in [-0.25, -0.2) is 4.79 Å². The second kappa shape index (κ2) is 4.08. The number of carbonyl (C=O) groups excluding carboxylic acids is 1. The third-order valence-electron chi connectivity index (χ3n) is 2.95. The Morgan fingerprint density at radius 3 is 2.75 bits per heavy atom. The summed E-state index contributed by atoms with van der Waals surface area (Å²) in [4.78, 5) is 11.5. The van der Waals surface area contributed by atoms with Gasteiger partial charge in [0.25, 0.3) is 0 Å². The van der Waals surface area contributed by atoms with Gasteiger partial charge in [-0.2, -0.15) is 8.42 Å². The normalized spacial score (nSPS) is 32.3. The molecule has 1 heterocycles. The lowest BCUT2D eigenvalue weighted by atomic mass is 9.84. The van der Waals surface area contributed by atoms with Crippen LogP contribution < -0.4 is 0 Å². The van der Waals surface area contributed by atoms with E-state index in [2.05, 4.69) is 4.18 Å². The molecular formula is C10H14O5S. The van der Waals surface area contributed by atoms with Crippen molar-refractivity contribution < 1.29 is 22.1 Å².